The number of hydrogen-bond donors (Lipinski definition) is 0. The zero-order valence-corrected chi connectivity index (χ0v) is 10.3. The summed E-state index contributed by atoms with van der Waals surface area (Å²) < 4.78 is 24.4. The minimum Gasteiger partial charge on any atom is -0.492 e. The molecule has 0 aliphatic carbocycles. The summed E-state index contributed by atoms with van der Waals surface area (Å²) in [5.41, 5.74) is 0.291. The molecule has 3 nitrogen and oxygen atoms in total. The van der Waals surface area contributed by atoms with E-state index in [1.807, 2.05) is 11.4 Å². The van der Waals surface area contributed by atoms with E-state index in [2.05, 4.69) is 4.74 Å². The molecule has 0 aliphatic rings. The molecule has 17 heavy (non-hydrogen) atoms. The lowest BCUT2D eigenvalue weighted by molar-refractivity contribution is -0.139. The van der Waals surface area contributed by atoms with Crippen LogP contribution in [0, 0.1) is 5.82 Å². The Bertz CT molecular complexity index is 562. The first-order chi connectivity index (χ1) is 8.17. The van der Waals surface area contributed by atoms with E-state index in [1.54, 1.807) is 6.07 Å². The van der Waals surface area contributed by atoms with Crippen LogP contribution in [0.4, 0.5) is 4.39 Å². The van der Waals surface area contributed by atoms with Crippen molar-refractivity contribution in [2.45, 2.75) is 6.42 Å². The first kappa shape index (κ1) is 11.9. The molecule has 90 valence electrons. The van der Waals surface area contributed by atoms with Gasteiger partial charge < -0.3 is 9.47 Å². The van der Waals surface area contributed by atoms with Gasteiger partial charge in [0.1, 0.15) is 0 Å². The second kappa shape index (κ2) is 4.71. The maximum atomic E-state index is 14.1. The number of halogens is 1. The van der Waals surface area contributed by atoms with Gasteiger partial charge in [-0.2, -0.15) is 0 Å². The van der Waals surface area contributed by atoms with Crippen molar-refractivity contribution in [3.8, 4) is 5.75 Å². The van der Waals surface area contributed by atoms with Gasteiger partial charge in [0.05, 0.1) is 25.3 Å². The number of carbonyl (C=O) groups excluding carboxylic acids is 1. The number of thiophene rings is 1. The number of ether oxygens (including phenoxy) is 2. The third kappa shape index (κ3) is 2.10. The number of benzene rings is 1. The lowest BCUT2D eigenvalue weighted by atomic mass is 10.1. The molecule has 0 fully saturated rings. The summed E-state index contributed by atoms with van der Waals surface area (Å²) >= 11 is 1.40. The maximum Gasteiger partial charge on any atom is 0.310 e. The summed E-state index contributed by atoms with van der Waals surface area (Å²) in [6, 6.07) is 3.52. The van der Waals surface area contributed by atoms with Crippen molar-refractivity contribution in [3.63, 3.8) is 0 Å². The molecule has 1 heterocycles. The van der Waals surface area contributed by atoms with Gasteiger partial charge >= 0.3 is 5.97 Å². The number of fused-ring (bicyclic) bond motifs is 1. The van der Waals surface area contributed by atoms with E-state index in [4.69, 9.17) is 4.74 Å². The second-order valence-electron chi connectivity index (χ2n) is 3.47. The highest BCUT2D eigenvalue weighted by molar-refractivity contribution is 7.17. The van der Waals surface area contributed by atoms with Gasteiger partial charge in [-0.1, -0.05) is 0 Å². The van der Waals surface area contributed by atoms with Crippen molar-refractivity contribution in [1.82, 2.24) is 0 Å². The zero-order chi connectivity index (χ0) is 12.4. The Hall–Kier alpha value is -1.62. The average molecular weight is 254 g/mol. The zero-order valence-electron chi connectivity index (χ0n) is 9.45. The van der Waals surface area contributed by atoms with Gasteiger partial charge in [0.15, 0.2) is 11.6 Å². The molecule has 0 radical (unpaired) electrons. The Morgan fingerprint density at radius 1 is 1.47 bits per heavy atom. The Kier molecular flexibility index (Phi) is 3.28. The smallest absolute Gasteiger partial charge is 0.310 e. The molecule has 0 bridgehead atoms. The maximum absolute atomic E-state index is 14.1. The molecular formula is C12H11FO3S. The normalized spacial score (nSPS) is 10.5. The first-order valence-corrected chi connectivity index (χ1v) is 5.84. The highest BCUT2D eigenvalue weighted by atomic mass is 32.1. The summed E-state index contributed by atoms with van der Waals surface area (Å²) in [5, 5.41) is 2.72. The van der Waals surface area contributed by atoms with Crippen LogP contribution in [0.3, 0.4) is 0 Å². The van der Waals surface area contributed by atoms with E-state index in [0.717, 1.165) is 10.1 Å². The number of hydrogen-bond acceptors (Lipinski definition) is 4. The first-order valence-electron chi connectivity index (χ1n) is 4.96. The standard InChI is InChI=1S/C12H11FO3S/c1-15-9(14)6-8-5-7-3-4-17-12(7)11(16-2)10(8)13/h3-5H,6H2,1-2H3. The van der Waals surface area contributed by atoms with Crippen LogP contribution in [0.25, 0.3) is 10.1 Å². The fraction of sp³-hybridized carbons (Fsp3) is 0.250. The molecular weight excluding hydrogens is 243 g/mol. The van der Waals surface area contributed by atoms with Gasteiger partial charge in [-0.05, 0) is 22.9 Å². The third-order valence-corrected chi connectivity index (χ3v) is 3.41. The van der Waals surface area contributed by atoms with Crippen LogP contribution in [0.2, 0.25) is 0 Å². The molecule has 0 amide bonds. The molecule has 0 spiro atoms. The number of carbonyl (C=O) groups is 1. The summed E-state index contributed by atoms with van der Waals surface area (Å²) in [7, 11) is 2.69. The van der Waals surface area contributed by atoms with Gasteiger partial charge in [-0.3, -0.25) is 4.79 Å². The summed E-state index contributed by atoms with van der Waals surface area (Å²) in [6.45, 7) is 0. The van der Waals surface area contributed by atoms with Crippen molar-refractivity contribution < 1.29 is 18.7 Å². The summed E-state index contributed by atoms with van der Waals surface area (Å²) in [5.74, 6) is -0.773. The Morgan fingerprint density at radius 3 is 2.88 bits per heavy atom. The molecule has 2 rings (SSSR count). The van der Waals surface area contributed by atoms with Crippen LogP contribution in [0.15, 0.2) is 17.5 Å². The van der Waals surface area contributed by atoms with Crippen LogP contribution in [0.1, 0.15) is 5.56 Å². The lowest BCUT2D eigenvalue weighted by Crippen LogP contribution is -2.07. The molecule has 0 saturated heterocycles. The molecule has 2 aromatic rings. The van der Waals surface area contributed by atoms with Crippen LogP contribution < -0.4 is 4.74 Å². The Labute approximate surface area is 102 Å². The van der Waals surface area contributed by atoms with Crippen molar-refractivity contribution >= 4 is 27.4 Å². The molecule has 1 aromatic heterocycles. The van der Waals surface area contributed by atoms with E-state index in [0.29, 0.717) is 5.56 Å². The molecule has 0 aliphatic heterocycles. The van der Waals surface area contributed by atoms with Crippen LogP contribution >= 0.6 is 11.3 Å². The minimum absolute atomic E-state index is 0.0928. The van der Waals surface area contributed by atoms with Crippen molar-refractivity contribution in [2.75, 3.05) is 14.2 Å². The molecule has 1 aromatic carbocycles. The van der Waals surface area contributed by atoms with Crippen molar-refractivity contribution in [3.05, 3.63) is 28.9 Å². The molecule has 0 N–H and O–H groups in total. The second-order valence-corrected chi connectivity index (χ2v) is 4.39. The molecule has 0 saturated carbocycles. The van der Waals surface area contributed by atoms with Crippen LogP contribution in [-0.2, 0) is 16.0 Å². The van der Waals surface area contributed by atoms with Gasteiger partial charge in [-0.25, -0.2) is 4.39 Å². The van der Waals surface area contributed by atoms with Crippen molar-refractivity contribution in [2.24, 2.45) is 0 Å². The van der Waals surface area contributed by atoms with Gasteiger partial charge in [-0.15, -0.1) is 11.3 Å². The summed E-state index contributed by atoms with van der Waals surface area (Å²) in [6.07, 6.45) is -0.0928. The van der Waals surface area contributed by atoms with E-state index >= 15 is 0 Å². The van der Waals surface area contributed by atoms with Gasteiger partial charge in [0.25, 0.3) is 0 Å². The van der Waals surface area contributed by atoms with Crippen LogP contribution in [0.5, 0.6) is 5.75 Å². The quantitative estimate of drug-likeness (QED) is 0.790. The monoisotopic (exact) mass is 254 g/mol. The fourth-order valence-corrected chi connectivity index (χ4v) is 2.55. The molecule has 0 atom stereocenters. The fourth-order valence-electron chi connectivity index (χ4n) is 1.65. The Morgan fingerprint density at radius 2 is 2.24 bits per heavy atom. The van der Waals surface area contributed by atoms with E-state index in [9.17, 15) is 9.18 Å². The van der Waals surface area contributed by atoms with Crippen molar-refractivity contribution in [1.29, 1.82) is 0 Å². The van der Waals surface area contributed by atoms with Crippen LogP contribution in [-0.4, -0.2) is 20.2 Å². The average Bonchev–Trinajstić information content (AvgIpc) is 2.77. The molecule has 0 unspecified atom stereocenters. The lowest BCUT2D eigenvalue weighted by Gasteiger charge is -2.08. The number of methoxy groups -OCH3 is 2. The Balaban J connectivity index is 2.55. The third-order valence-electron chi connectivity index (χ3n) is 2.48. The predicted molar refractivity (Wildman–Crippen MR) is 64.1 cm³/mol. The SMILES string of the molecule is COC(=O)Cc1cc2ccsc2c(OC)c1F. The van der Waals surface area contributed by atoms with E-state index in [1.165, 1.54) is 25.6 Å². The van der Waals surface area contributed by atoms with Gasteiger partial charge in [0, 0.05) is 5.56 Å². The highest BCUT2D eigenvalue weighted by Crippen LogP contribution is 2.35. The predicted octanol–water partition coefficient (Wildman–Crippen LogP) is 2.76. The number of esters is 1. The largest absolute Gasteiger partial charge is 0.492 e. The topological polar surface area (TPSA) is 35.5 Å². The summed E-state index contributed by atoms with van der Waals surface area (Å²) in [4.78, 5) is 11.2. The molecule has 5 heteroatoms. The minimum atomic E-state index is -0.493. The van der Waals surface area contributed by atoms with Gasteiger partial charge in [0.2, 0.25) is 0 Å². The van der Waals surface area contributed by atoms with E-state index in [-0.39, 0.29) is 12.2 Å². The highest BCUT2D eigenvalue weighted by Gasteiger charge is 2.17. The van der Waals surface area contributed by atoms with E-state index < -0.39 is 11.8 Å². The number of rotatable bonds is 3.